The smallest absolute Gasteiger partial charge is 0.410 e. The highest BCUT2D eigenvalue weighted by molar-refractivity contribution is 5.71. The number of carbonyl (C=O) groups is 3. The van der Waals surface area contributed by atoms with Gasteiger partial charge in [-0.2, -0.15) is 0 Å². The second-order valence-electron chi connectivity index (χ2n) is 6.28. The van der Waals surface area contributed by atoms with Crippen molar-refractivity contribution in [1.82, 2.24) is 4.90 Å². The number of ether oxygens (including phenoxy) is 4. The van der Waals surface area contributed by atoms with Crippen LogP contribution in [0.25, 0.3) is 0 Å². The van der Waals surface area contributed by atoms with Crippen molar-refractivity contribution in [3.63, 3.8) is 0 Å². The van der Waals surface area contributed by atoms with Gasteiger partial charge in [0.05, 0.1) is 19.2 Å². The summed E-state index contributed by atoms with van der Waals surface area (Å²) >= 11 is 0. The third-order valence-electron chi connectivity index (χ3n) is 4.36. The molecule has 0 radical (unpaired) electrons. The van der Waals surface area contributed by atoms with Gasteiger partial charge in [-0.1, -0.05) is 30.3 Å². The maximum atomic E-state index is 12.0. The van der Waals surface area contributed by atoms with E-state index in [-0.39, 0.29) is 19.8 Å². The molecule has 0 aliphatic carbocycles. The molecule has 2 aliphatic rings. The van der Waals surface area contributed by atoms with E-state index < -0.39 is 42.4 Å². The number of fused-ring (bicyclic) bond motifs is 1. The highest BCUT2D eigenvalue weighted by Crippen LogP contribution is 2.31. The molecule has 1 amide bonds. The summed E-state index contributed by atoms with van der Waals surface area (Å²) in [6, 6.07) is 9.07. The summed E-state index contributed by atoms with van der Waals surface area (Å²) in [4.78, 5) is 36.5. The Balaban J connectivity index is 1.84. The minimum atomic E-state index is -0.823. The molecule has 4 unspecified atom stereocenters. The third kappa shape index (κ3) is 3.96. The van der Waals surface area contributed by atoms with E-state index in [4.69, 9.17) is 18.9 Å². The van der Waals surface area contributed by atoms with Crippen molar-refractivity contribution in [1.29, 1.82) is 0 Å². The number of hydrogen-bond donors (Lipinski definition) is 0. The van der Waals surface area contributed by atoms with E-state index in [1.165, 1.54) is 18.7 Å². The lowest BCUT2D eigenvalue weighted by atomic mass is 9.94. The zero-order valence-corrected chi connectivity index (χ0v) is 14.6. The number of rotatable bonds is 5. The van der Waals surface area contributed by atoms with Gasteiger partial charge in [0.2, 0.25) is 0 Å². The van der Waals surface area contributed by atoms with E-state index in [0.29, 0.717) is 0 Å². The van der Waals surface area contributed by atoms with Crippen LogP contribution in [0.2, 0.25) is 0 Å². The highest BCUT2D eigenvalue weighted by atomic mass is 16.6. The molecule has 3 rings (SSSR count). The van der Waals surface area contributed by atoms with Crippen molar-refractivity contribution in [3.05, 3.63) is 35.9 Å². The van der Waals surface area contributed by atoms with Gasteiger partial charge in [-0.3, -0.25) is 14.5 Å². The predicted octanol–water partition coefficient (Wildman–Crippen LogP) is 1.27. The number of nitrogens with zero attached hydrogens (tertiary/aromatic N) is 1. The summed E-state index contributed by atoms with van der Waals surface area (Å²) in [7, 11) is 0. The summed E-state index contributed by atoms with van der Waals surface area (Å²) in [5, 5.41) is 0. The molecule has 8 nitrogen and oxygen atoms in total. The molecule has 26 heavy (non-hydrogen) atoms. The van der Waals surface area contributed by atoms with Crippen molar-refractivity contribution in [2.24, 2.45) is 0 Å². The Bertz CT molecular complexity index is 677. The Morgan fingerprint density at radius 1 is 1.12 bits per heavy atom. The molecule has 0 N–H and O–H groups in total. The van der Waals surface area contributed by atoms with Crippen LogP contribution in [0.3, 0.4) is 0 Å². The van der Waals surface area contributed by atoms with E-state index in [1.54, 1.807) is 0 Å². The molecule has 4 atom stereocenters. The monoisotopic (exact) mass is 363 g/mol. The average Bonchev–Trinajstić information content (AvgIpc) is 2.95. The first kappa shape index (κ1) is 18.2. The SMILES string of the molecule is CC(=O)OC1CN2C(=O)OCC2C(OCc2ccccc2)C1OC(C)=O. The quantitative estimate of drug-likeness (QED) is 0.575. The largest absolute Gasteiger partial charge is 0.457 e. The first-order valence-corrected chi connectivity index (χ1v) is 8.39. The second-order valence-corrected chi connectivity index (χ2v) is 6.28. The lowest BCUT2D eigenvalue weighted by Crippen LogP contribution is -2.63. The maximum Gasteiger partial charge on any atom is 0.410 e. The summed E-state index contributed by atoms with van der Waals surface area (Å²) in [6.07, 6.45) is -2.82. The van der Waals surface area contributed by atoms with E-state index in [0.717, 1.165) is 5.56 Å². The van der Waals surface area contributed by atoms with Crippen molar-refractivity contribution in [3.8, 4) is 0 Å². The zero-order chi connectivity index (χ0) is 18.7. The third-order valence-corrected chi connectivity index (χ3v) is 4.36. The Labute approximate surface area is 150 Å². The molecule has 2 fully saturated rings. The van der Waals surface area contributed by atoms with E-state index in [1.807, 2.05) is 30.3 Å². The topological polar surface area (TPSA) is 91.4 Å². The maximum absolute atomic E-state index is 12.0. The lowest BCUT2D eigenvalue weighted by Gasteiger charge is -2.43. The first-order chi connectivity index (χ1) is 12.5. The van der Waals surface area contributed by atoms with Gasteiger partial charge in [0.1, 0.15) is 12.7 Å². The van der Waals surface area contributed by atoms with Crippen LogP contribution in [0.5, 0.6) is 0 Å². The van der Waals surface area contributed by atoms with Crippen LogP contribution in [0, 0.1) is 0 Å². The van der Waals surface area contributed by atoms with Gasteiger partial charge in [-0.05, 0) is 5.56 Å². The van der Waals surface area contributed by atoms with Crippen LogP contribution in [-0.2, 0) is 35.1 Å². The van der Waals surface area contributed by atoms with E-state index in [9.17, 15) is 14.4 Å². The summed E-state index contributed by atoms with van der Waals surface area (Å²) in [5.41, 5.74) is 0.931. The lowest BCUT2D eigenvalue weighted by molar-refractivity contribution is -0.196. The van der Waals surface area contributed by atoms with Crippen molar-refractivity contribution < 1.29 is 33.3 Å². The molecule has 0 spiro atoms. The Morgan fingerprint density at radius 2 is 1.81 bits per heavy atom. The average molecular weight is 363 g/mol. The molecule has 140 valence electrons. The van der Waals surface area contributed by atoms with Gasteiger partial charge in [0.25, 0.3) is 0 Å². The molecule has 2 heterocycles. The van der Waals surface area contributed by atoms with Crippen molar-refractivity contribution >= 4 is 18.0 Å². The Hall–Kier alpha value is -2.61. The van der Waals surface area contributed by atoms with Gasteiger partial charge in [-0.25, -0.2) is 4.79 Å². The Morgan fingerprint density at radius 3 is 2.46 bits per heavy atom. The molecule has 8 heteroatoms. The van der Waals surface area contributed by atoms with Crippen molar-refractivity contribution in [2.45, 2.75) is 44.8 Å². The molecular weight excluding hydrogens is 342 g/mol. The number of esters is 2. The standard InChI is InChI=1S/C18H21NO7/c1-11(20)25-15-8-19-14(10-24-18(19)22)16(17(15)26-12(2)21)23-9-13-6-4-3-5-7-13/h3-7,14-17H,8-10H2,1-2H3. The van der Waals surface area contributed by atoms with Crippen LogP contribution < -0.4 is 0 Å². The molecule has 1 aromatic carbocycles. The van der Waals surface area contributed by atoms with Crippen LogP contribution in [0.4, 0.5) is 4.79 Å². The van der Waals surface area contributed by atoms with Gasteiger partial charge >= 0.3 is 18.0 Å². The second kappa shape index (κ2) is 7.74. The molecule has 0 saturated carbocycles. The fraction of sp³-hybridized carbons (Fsp3) is 0.500. The fourth-order valence-corrected chi connectivity index (χ4v) is 3.30. The van der Waals surface area contributed by atoms with Crippen LogP contribution in [0.15, 0.2) is 30.3 Å². The summed E-state index contributed by atoms with van der Waals surface area (Å²) < 4.78 is 21.8. The van der Waals surface area contributed by atoms with Crippen LogP contribution in [-0.4, -0.2) is 60.4 Å². The van der Waals surface area contributed by atoms with Gasteiger partial charge in [0, 0.05) is 13.8 Å². The molecule has 0 aromatic heterocycles. The molecule has 2 saturated heterocycles. The molecular formula is C18H21NO7. The van der Waals surface area contributed by atoms with Crippen LogP contribution >= 0.6 is 0 Å². The first-order valence-electron chi connectivity index (χ1n) is 8.39. The number of piperidine rings is 1. The predicted molar refractivity (Wildman–Crippen MR) is 88.0 cm³/mol. The van der Waals surface area contributed by atoms with E-state index in [2.05, 4.69) is 0 Å². The van der Waals surface area contributed by atoms with Gasteiger partial charge < -0.3 is 18.9 Å². The fourth-order valence-electron chi connectivity index (χ4n) is 3.30. The van der Waals surface area contributed by atoms with E-state index >= 15 is 0 Å². The minimum Gasteiger partial charge on any atom is -0.457 e. The number of benzene rings is 1. The highest BCUT2D eigenvalue weighted by Gasteiger charge is 2.53. The van der Waals surface area contributed by atoms with Gasteiger partial charge in [-0.15, -0.1) is 0 Å². The van der Waals surface area contributed by atoms with Crippen molar-refractivity contribution in [2.75, 3.05) is 13.2 Å². The van der Waals surface area contributed by atoms with Gasteiger partial charge in [0.15, 0.2) is 12.2 Å². The summed E-state index contributed by atoms with van der Waals surface area (Å²) in [6.45, 7) is 3.02. The normalized spacial score (nSPS) is 27.5. The number of amides is 1. The zero-order valence-electron chi connectivity index (χ0n) is 14.6. The number of carbonyl (C=O) groups excluding carboxylic acids is 3. The summed E-state index contributed by atoms with van der Waals surface area (Å²) in [5.74, 6) is -1.04. The molecule has 1 aromatic rings. The number of hydrogen-bond acceptors (Lipinski definition) is 7. The Kier molecular flexibility index (Phi) is 5.41. The minimum absolute atomic E-state index is 0.0895. The molecule has 0 bridgehead atoms. The number of cyclic esters (lactones) is 1. The van der Waals surface area contributed by atoms with Crippen LogP contribution in [0.1, 0.15) is 19.4 Å². The molecule has 2 aliphatic heterocycles.